The number of rotatable bonds is 2. The van der Waals surface area contributed by atoms with Crippen LogP contribution in [0.3, 0.4) is 0 Å². The largest absolute Gasteiger partial charge is 0.313 e. The number of nitrogens with one attached hydrogen (secondary N) is 1. The van der Waals surface area contributed by atoms with Crippen LogP contribution >= 0.6 is 0 Å². The maximum absolute atomic E-state index is 4.94. The topological polar surface area (TPSA) is 44.3 Å². The van der Waals surface area contributed by atoms with Gasteiger partial charge < -0.3 is 10.2 Å². The molecule has 1 saturated heterocycles. The SMILES string of the molecule is CNC1CCCc2nc(C3CN(C)CCCN3C)ncc21. The average Bonchev–Trinajstić information content (AvgIpc) is 2.67. The van der Waals surface area contributed by atoms with Crippen LogP contribution in [0.2, 0.25) is 0 Å². The third-order valence-corrected chi connectivity index (χ3v) is 4.91. The van der Waals surface area contributed by atoms with E-state index in [-0.39, 0.29) is 0 Å². The van der Waals surface area contributed by atoms with Gasteiger partial charge in [0.25, 0.3) is 0 Å². The second-order valence-corrected chi connectivity index (χ2v) is 6.48. The number of fused-ring (bicyclic) bond motifs is 1. The molecule has 5 nitrogen and oxygen atoms in total. The smallest absolute Gasteiger partial charge is 0.146 e. The van der Waals surface area contributed by atoms with Gasteiger partial charge in [0.2, 0.25) is 0 Å². The Morgan fingerprint density at radius 1 is 1.24 bits per heavy atom. The maximum Gasteiger partial charge on any atom is 0.146 e. The highest BCUT2D eigenvalue weighted by molar-refractivity contribution is 5.25. The summed E-state index contributed by atoms with van der Waals surface area (Å²) >= 11 is 0. The summed E-state index contributed by atoms with van der Waals surface area (Å²) < 4.78 is 0. The summed E-state index contributed by atoms with van der Waals surface area (Å²) in [6, 6.07) is 0.745. The van der Waals surface area contributed by atoms with E-state index in [0.717, 1.165) is 31.9 Å². The van der Waals surface area contributed by atoms with Gasteiger partial charge in [-0.05, 0) is 59.9 Å². The first-order valence-electron chi connectivity index (χ1n) is 8.11. The molecular formula is C16H27N5. The molecule has 0 amide bonds. The van der Waals surface area contributed by atoms with Gasteiger partial charge in [-0.25, -0.2) is 9.97 Å². The first-order valence-corrected chi connectivity index (χ1v) is 8.11. The van der Waals surface area contributed by atoms with Crippen molar-refractivity contribution >= 4 is 0 Å². The minimum absolute atomic E-state index is 0.317. The fraction of sp³-hybridized carbons (Fsp3) is 0.750. The molecule has 1 N–H and O–H groups in total. The zero-order chi connectivity index (χ0) is 14.8. The van der Waals surface area contributed by atoms with Gasteiger partial charge in [-0.3, -0.25) is 4.90 Å². The molecule has 1 aromatic rings. The van der Waals surface area contributed by atoms with Gasteiger partial charge in [0.1, 0.15) is 5.82 Å². The van der Waals surface area contributed by atoms with Crippen LogP contribution in [0.25, 0.3) is 0 Å². The molecule has 0 radical (unpaired) electrons. The summed E-state index contributed by atoms with van der Waals surface area (Å²) in [6.45, 7) is 3.30. The van der Waals surface area contributed by atoms with E-state index in [1.807, 2.05) is 7.05 Å². The third-order valence-electron chi connectivity index (χ3n) is 4.91. The Hall–Kier alpha value is -1.04. The molecule has 1 aliphatic carbocycles. The van der Waals surface area contributed by atoms with Gasteiger partial charge in [-0.2, -0.15) is 0 Å². The summed E-state index contributed by atoms with van der Waals surface area (Å²) in [7, 11) is 6.42. The number of likely N-dealkylation sites (N-methyl/N-ethyl adjacent to an activating group) is 2. The van der Waals surface area contributed by atoms with Crippen LogP contribution in [0.15, 0.2) is 6.20 Å². The Balaban J connectivity index is 1.88. The number of aromatic nitrogens is 2. The highest BCUT2D eigenvalue weighted by Crippen LogP contribution is 2.29. The normalized spacial score (nSPS) is 28.1. The summed E-state index contributed by atoms with van der Waals surface area (Å²) in [4.78, 5) is 14.5. The van der Waals surface area contributed by atoms with Gasteiger partial charge in [0, 0.05) is 30.0 Å². The predicted molar refractivity (Wildman–Crippen MR) is 84.3 cm³/mol. The van der Waals surface area contributed by atoms with Crippen molar-refractivity contribution in [3.63, 3.8) is 0 Å². The quantitative estimate of drug-likeness (QED) is 0.891. The minimum Gasteiger partial charge on any atom is -0.313 e. The molecular weight excluding hydrogens is 262 g/mol. The van der Waals surface area contributed by atoms with Crippen molar-refractivity contribution in [2.75, 3.05) is 40.8 Å². The molecule has 2 atom stereocenters. The van der Waals surface area contributed by atoms with E-state index in [1.54, 1.807) is 0 Å². The summed E-state index contributed by atoms with van der Waals surface area (Å²) in [5.74, 6) is 1.00. The van der Waals surface area contributed by atoms with Gasteiger partial charge in [0.05, 0.1) is 6.04 Å². The second kappa shape index (κ2) is 6.38. The molecule has 21 heavy (non-hydrogen) atoms. The molecule has 0 saturated carbocycles. The zero-order valence-electron chi connectivity index (χ0n) is 13.5. The van der Waals surface area contributed by atoms with E-state index in [2.05, 4.69) is 35.4 Å². The van der Waals surface area contributed by atoms with E-state index >= 15 is 0 Å². The molecule has 0 spiro atoms. The number of hydrogen-bond donors (Lipinski definition) is 1. The highest BCUT2D eigenvalue weighted by atomic mass is 15.2. The Kier molecular flexibility index (Phi) is 4.52. The van der Waals surface area contributed by atoms with Crippen molar-refractivity contribution in [3.05, 3.63) is 23.3 Å². The van der Waals surface area contributed by atoms with Crippen LogP contribution < -0.4 is 5.32 Å². The van der Waals surface area contributed by atoms with E-state index in [0.29, 0.717) is 12.1 Å². The summed E-state index contributed by atoms with van der Waals surface area (Å²) in [6.07, 6.45) is 6.79. The highest BCUT2D eigenvalue weighted by Gasteiger charge is 2.27. The standard InChI is InChI=1S/C16H27N5/c1-17-13-6-4-7-14-12(13)10-18-16(19-14)15-11-20(2)8-5-9-21(15)3/h10,13,15,17H,4-9,11H2,1-3H3. The minimum atomic E-state index is 0.317. The molecule has 1 fully saturated rings. The monoisotopic (exact) mass is 289 g/mol. The van der Waals surface area contributed by atoms with Gasteiger partial charge in [-0.15, -0.1) is 0 Å². The van der Waals surface area contributed by atoms with Crippen molar-refractivity contribution in [2.24, 2.45) is 0 Å². The lowest BCUT2D eigenvalue weighted by atomic mass is 9.92. The maximum atomic E-state index is 4.94. The van der Waals surface area contributed by atoms with Crippen LogP contribution in [0.4, 0.5) is 0 Å². The lowest BCUT2D eigenvalue weighted by Gasteiger charge is -2.29. The molecule has 116 valence electrons. The Bertz CT molecular complexity index is 490. The lowest BCUT2D eigenvalue weighted by molar-refractivity contribution is 0.219. The first kappa shape index (κ1) is 14.9. The van der Waals surface area contributed by atoms with E-state index in [1.165, 1.54) is 30.5 Å². The zero-order valence-corrected chi connectivity index (χ0v) is 13.5. The average molecular weight is 289 g/mol. The van der Waals surface area contributed by atoms with Crippen LogP contribution in [-0.4, -0.2) is 60.5 Å². The fourth-order valence-corrected chi connectivity index (χ4v) is 3.57. The molecule has 1 aliphatic heterocycles. The number of nitrogens with zero attached hydrogens (tertiary/aromatic N) is 4. The Labute approximate surface area is 127 Å². The van der Waals surface area contributed by atoms with Gasteiger partial charge in [0.15, 0.2) is 0 Å². The fourth-order valence-electron chi connectivity index (χ4n) is 3.57. The van der Waals surface area contributed by atoms with Crippen LogP contribution in [0.5, 0.6) is 0 Å². The third kappa shape index (κ3) is 3.10. The molecule has 5 heteroatoms. The van der Waals surface area contributed by atoms with Crippen molar-refractivity contribution in [1.29, 1.82) is 0 Å². The molecule has 2 unspecified atom stereocenters. The van der Waals surface area contributed by atoms with Crippen molar-refractivity contribution in [3.8, 4) is 0 Å². The number of aryl methyl sites for hydroxylation is 1. The van der Waals surface area contributed by atoms with Gasteiger partial charge >= 0.3 is 0 Å². The van der Waals surface area contributed by atoms with Gasteiger partial charge in [-0.1, -0.05) is 0 Å². The van der Waals surface area contributed by atoms with Crippen molar-refractivity contribution in [1.82, 2.24) is 25.1 Å². The molecule has 2 aliphatic rings. The Morgan fingerprint density at radius 3 is 2.90 bits per heavy atom. The molecule has 2 heterocycles. The van der Waals surface area contributed by atoms with Crippen molar-refractivity contribution < 1.29 is 0 Å². The van der Waals surface area contributed by atoms with Crippen LogP contribution in [-0.2, 0) is 6.42 Å². The van der Waals surface area contributed by atoms with E-state index < -0.39 is 0 Å². The summed E-state index contributed by atoms with van der Waals surface area (Å²) in [5.41, 5.74) is 2.56. The predicted octanol–water partition coefficient (Wildman–Crippen LogP) is 1.38. The van der Waals surface area contributed by atoms with Crippen LogP contribution in [0, 0.1) is 0 Å². The number of hydrogen-bond acceptors (Lipinski definition) is 5. The lowest BCUT2D eigenvalue weighted by Crippen LogP contribution is -2.33. The van der Waals surface area contributed by atoms with Crippen LogP contribution in [0.1, 0.15) is 48.4 Å². The van der Waals surface area contributed by atoms with E-state index in [9.17, 15) is 0 Å². The second-order valence-electron chi connectivity index (χ2n) is 6.48. The molecule has 0 bridgehead atoms. The molecule has 3 rings (SSSR count). The molecule has 1 aromatic heterocycles. The van der Waals surface area contributed by atoms with E-state index in [4.69, 9.17) is 9.97 Å². The summed E-state index contributed by atoms with van der Waals surface area (Å²) in [5, 5.41) is 3.39. The molecule has 0 aromatic carbocycles. The Morgan fingerprint density at radius 2 is 2.10 bits per heavy atom. The van der Waals surface area contributed by atoms with Crippen molar-refractivity contribution in [2.45, 2.75) is 37.8 Å². The first-order chi connectivity index (χ1) is 10.2.